The Morgan fingerprint density at radius 2 is 1.86 bits per heavy atom. The molecular formula is C27H16ClN5O2. The maximum atomic E-state index is 13.4. The van der Waals surface area contributed by atoms with E-state index in [-0.39, 0.29) is 5.56 Å². The number of oxazole rings is 1. The highest BCUT2D eigenvalue weighted by molar-refractivity contribution is 6.30. The molecule has 6 aromatic rings. The number of nitrogens with zero attached hydrogens (tertiary/aromatic N) is 4. The quantitative estimate of drug-likeness (QED) is 0.383. The first-order valence-electron chi connectivity index (χ1n) is 10.8. The number of benzene rings is 3. The van der Waals surface area contributed by atoms with Gasteiger partial charge in [0.1, 0.15) is 11.6 Å². The van der Waals surface area contributed by atoms with Gasteiger partial charge in [0.15, 0.2) is 11.2 Å². The first kappa shape index (κ1) is 20.9. The van der Waals surface area contributed by atoms with Crippen molar-refractivity contribution in [2.75, 3.05) is 5.32 Å². The van der Waals surface area contributed by atoms with Crippen molar-refractivity contribution >= 4 is 51.3 Å². The van der Waals surface area contributed by atoms with E-state index in [1.54, 1.807) is 25.3 Å². The van der Waals surface area contributed by atoms with Crippen molar-refractivity contribution in [1.29, 1.82) is 5.26 Å². The second-order valence-electron chi connectivity index (χ2n) is 8.09. The Labute approximate surface area is 203 Å². The number of aromatic nitrogens is 3. The normalized spacial score (nSPS) is 12.0. The van der Waals surface area contributed by atoms with Crippen LogP contribution >= 0.6 is 11.6 Å². The summed E-state index contributed by atoms with van der Waals surface area (Å²) in [7, 11) is 0. The molecule has 0 radical (unpaired) electrons. The summed E-state index contributed by atoms with van der Waals surface area (Å²) in [6.07, 6.45) is 1.62. The Morgan fingerprint density at radius 3 is 2.66 bits per heavy atom. The fraction of sp³-hybridized carbons (Fsp3) is 0.0370. The van der Waals surface area contributed by atoms with Crippen LogP contribution in [-0.4, -0.2) is 14.4 Å². The molecule has 0 unspecified atom stereocenters. The van der Waals surface area contributed by atoms with Crippen molar-refractivity contribution in [3.8, 4) is 17.5 Å². The maximum absolute atomic E-state index is 13.4. The summed E-state index contributed by atoms with van der Waals surface area (Å²) < 4.78 is 7.37. The van der Waals surface area contributed by atoms with Crippen molar-refractivity contribution in [3.05, 3.63) is 98.5 Å². The number of anilines is 1. The largest absolute Gasteiger partial charge is 0.436 e. The molecule has 0 atom stereocenters. The van der Waals surface area contributed by atoms with Gasteiger partial charge in [0.05, 0.1) is 21.8 Å². The van der Waals surface area contributed by atoms with Crippen LogP contribution in [0.2, 0.25) is 5.02 Å². The molecule has 0 amide bonds. The second-order valence-corrected chi connectivity index (χ2v) is 8.52. The monoisotopic (exact) mass is 477 g/mol. The Morgan fingerprint density at radius 1 is 1.06 bits per heavy atom. The molecule has 3 aromatic heterocycles. The molecule has 0 fully saturated rings. The zero-order valence-corrected chi connectivity index (χ0v) is 19.2. The molecular weight excluding hydrogens is 462 g/mol. The van der Waals surface area contributed by atoms with E-state index in [0.29, 0.717) is 55.0 Å². The van der Waals surface area contributed by atoms with Crippen LogP contribution in [0.4, 0.5) is 5.69 Å². The zero-order valence-electron chi connectivity index (χ0n) is 18.4. The van der Waals surface area contributed by atoms with E-state index in [1.165, 1.54) is 4.40 Å². The van der Waals surface area contributed by atoms with Gasteiger partial charge in [-0.2, -0.15) is 5.26 Å². The minimum Gasteiger partial charge on any atom is -0.436 e. The first-order valence-corrected chi connectivity index (χ1v) is 11.2. The van der Waals surface area contributed by atoms with E-state index in [1.807, 2.05) is 54.6 Å². The van der Waals surface area contributed by atoms with Crippen LogP contribution in [0.15, 0.2) is 75.9 Å². The van der Waals surface area contributed by atoms with E-state index in [2.05, 4.69) is 21.4 Å². The second kappa shape index (κ2) is 7.97. The first-order chi connectivity index (χ1) is 17.0. The third-order valence-corrected chi connectivity index (χ3v) is 6.22. The number of para-hydroxylation sites is 2. The lowest BCUT2D eigenvalue weighted by atomic mass is 10.1. The highest BCUT2D eigenvalue weighted by atomic mass is 35.5. The number of fused-ring (bicyclic) bond motifs is 4. The minimum atomic E-state index is -0.245. The number of nitriles is 1. The van der Waals surface area contributed by atoms with E-state index in [9.17, 15) is 10.1 Å². The Kier molecular flexibility index (Phi) is 4.76. The van der Waals surface area contributed by atoms with Crippen molar-refractivity contribution in [2.24, 2.45) is 0 Å². The lowest BCUT2D eigenvalue weighted by molar-refractivity contribution is 0.620. The van der Waals surface area contributed by atoms with Gasteiger partial charge in [-0.3, -0.25) is 9.20 Å². The molecule has 0 spiro atoms. The Hall–Kier alpha value is -4.67. The van der Waals surface area contributed by atoms with Gasteiger partial charge in [-0.25, -0.2) is 9.97 Å². The molecule has 0 saturated heterocycles. The van der Waals surface area contributed by atoms with Crippen LogP contribution < -0.4 is 16.1 Å². The van der Waals surface area contributed by atoms with Gasteiger partial charge in [-0.1, -0.05) is 23.7 Å². The molecule has 1 N–H and O–H groups in total. The summed E-state index contributed by atoms with van der Waals surface area (Å²) in [6.45, 7) is 1.76. The van der Waals surface area contributed by atoms with Crippen LogP contribution in [-0.2, 0) is 0 Å². The summed E-state index contributed by atoms with van der Waals surface area (Å²) in [4.78, 5) is 22.5. The molecule has 0 aliphatic carbocycles. The summed E-state index contributed by atoms with van der Waals surface area (Å²) in [5.41, 5.74) is 5.24. The molecule has 168 valence electrons. The maximum Gasteiger partial charge on any atom is 0.265 e. The minimum absolute atomic E-state index is 0.245. The molecule has 0 aliphatic rings. The van der Waals surface area contributed by atoms with Gasteiger partial charge >= 0.3 is 0 Å². The number of pyridine rings is 1. The number of halogens is 1. The highest BCUT2D eigenvalue weighted by Crippen LogP contribution is 2.27. The van der Waals surface area contributed by atoms with Gasteiger partial charge in [0, 0.05) is 22.5 Å². The molecule has 7 nitrogen and oxygen atoms in total. The van der Waals surface area contributed by atoms with E-state index in [0.717, 1.165) is 11.3 Å². The van der Waals surface area contributed by atoms with Crippen LogP contribution in [0.3, 0.4) is 0 Å². The lowest BCUT2D eigenvalue weighted by Gasteiger charge is -2.04. The van der Waals surface area contributed by atoms with Crippen LogP contribution in [0.5, 0.6) is 0 Å². The average Bonchev–Trinajstić information content (AvgIpc) is 3.46. The third-order valence-electron chi connectivity index (χ3n) is 5.97. The van der Waals surface area contributed by atoms with Crippen molar-refractivity contribution in [2.45, 2.75) is 6.92 Å². The zero-order chi connectivity index (χ0) is 24.1. The van der Waals surface area contributed by atoms with Crippen LogP contribution in [0, 0.1) is 18.3 Å². The summed E-state index contributed by atoms with van der Waals surface area (Å²) in [5, 5.41) is 14.0. The van der Waals surface area contributed by atoms with E-state index >= 15 is 0 Å². The molecule has 8 heteroatoms. The average molecular weight is 478 g/mol. The molecule has 0 bridgehead atoms. The van der Waals surface area contributed by atoms with E-state index < -0.39 is 0 Å². The molecule has 6 rings (SSSR count). The van der Waals surface area contributed by atoms with Gasteiger partial charge in [-0.15, -0.1) is 0 Å². The number of hydrogen-bond acceptors (Lipinski definition) is 6. The third kappa shape index (κ3) is 3.39. The molecule has 0 saturated carbocycles. The Bertz CT molecular complexity index is 1930. The van der Waals surface area contributed by atoms with Gasteiger partial charge in [-0.05, 0) is 67.1 Å². The van der Waals surface area contributed by atoms with Gasteiger partial charge in [0.2, 0.25) is 5.89 Å². The molecule has 3 aromatic carbocycles. The van der Waals surface area contributed by atoms with Crippen molar-refractivity contribution < 1.29 is 4.42 Å². The predicted octanol–water partition coefficient (Wildman–Crippen LogP) is 5.06. The van der Waals surface area contributed by atoms with Crippen molar-refractivity contribution in [3.63, 3.8) is 0 Å². The fourth-order valence-electron chi connectivity index (χ4n) is 4.17. The number of hydrogen-bond donors (Lipinski definition) is 1. The predicted molar refractivity (Wildman–Crippen MR) is 136 cm³/mol. The molecule has 3 heterocycles. The SMILES string of the molecule is Cc1c(C#N)c2nc3ccccc3n2c(=O)/c1=C\Nc1ccc2oc(-c3ccc(Cl)cc3)nc2c1. The standard InChI is InChI=1S/C27H16ClN5O2/c1-15-19(13-29)25-31-21-4-2-3-5-23(21)33(25)27(34)20(15)14-30-18-10-11-24-22(12-18)32-26(35-24)16-6-8-17(28)9-7-16/h2-12,14,30H,1H3/b20-14-. The summed E-state index contributed by atoms with van der Waals surface area (Å²) >= 11 is 5.97. The molecule has 35 heavy (non-hydrogen) atoms. The highest BCUT2D eigenvalue weighted by Gasteiger charge is 2.16. The van der Waals surface area contributed by atoms with Crippen LogP contribution in [0.1, 0.15) is 11.1 Å². The fourth-order valence-corrected chi connectivity index (χ4v) is 4.30. The number of rotatable bonds is 3. The smallest absolute Gasteiger partial charge is 0.265 e. The van der Waals surface area contributed by atoms with E-state index in [4.69, 9.17) is 16.0 Å². The lowest BCUT2D eigenvalue weighted by Crippen LogP contribution is -2.34. The topological polar surface area (TPSA) is 96.2 Å². The summed E-state index contributed by atoms with van der Waals surface area (Å²) in [5.74, 6) is 0.492. The number of nitrogens with one attached hydrogen (secondary N) is 1. The summed E-state index contributed by atoms with van der Waals surface area (Å²) in [6, 6.07) is 22.3. The van der Waals surface area contributed by atoms with Gasteiger partial charge in [0.25, 0.3) is 5.56 Å². The van der Waals surface area contributed by atoms with Crippen LogP contribution in [0.25, 0.3) is 45.4 Å². The molecule has 0 aliphatic heterocycles. The van der Waals surface area contributed by atoms with Crippen molar-refractivity contribution in [1.82, 2.24) is 14.4 Å². The Balaban J connectivity index is 1.44. The van der Waals surface area contributed by atoms with Gasteiger partial charge < -0.3 is 9.73 Å². The number of imidazole rings is 1.